The normalized spacial score (nSPS) is 23.6. The van der Waals surface area contributed by atoms with Crippen LogP contribution in [0.25, 0.3) is 0 Å². The SMILES string of the molecule is CC(OC(=O)[C@@H](N)Cc1ccc(O)cc1)OC(C(=O)OC1CC2CCC(C1)[N+]21CCCC1)(c1ccccc1)c1ccccc1. The first-order valence-corrected chi connectivity index (χ1v) is 15.9. The highest BCUT2D eigenvalue weighted by molar-refractivity contribution is 5.86. The van der Waals surface area contributed by atoms with Crippen molar-refractivity contribution in [3.8, 4) is 5.75 Å². The first-order valence-electron chi connectivity index (χ1n) is 15.9. The summed E-state index contributed by atoms with van der Waals surface area (Å²) in [5.74, 6) is -1.03. The van der Waals surface area contributed by atoms with Gasteiger partial charge in [0, 0.05) is 38.5 Å². The van der Waals surface area contributed by atoms with Crippen LogP contribution in [0, 0.1) is 0 Å². The van der Waals surface area contributed by atoms with Gasteiger partial charge in [-0.15, -0.1) is 0 Å². The molecule has 0 aromatic heterocycles. The number of ether oxygens (including phenoxy) is 3. The third-order valence-corrected chi connectivity index (χ3v) is 10.00. The maximum absolute atomic E-state index is 14.6. The summed E-state index contributed by atoms with van der Waals surface area (Å²) >= 11 is 0. The lowest BCUT2D eigenvalue weighted by atomic mass is 9.85. The molecule has 232 valence electrons. The molecule has 3 heterocycles. The van der Waals surface area contributed by atoms with E-state index in [2.05, 4.69) is 0 Å². The molecular weight excluding hydrogens is 556 g/mol. The van der Waals surface area contributed by atoms with Crippen molar-refractivity contribution in [2.45, 2.75) is 88.0 Å². The van der Waals surface area contributed by atoms with Crippen LogP contribution in [-0.2, 0) is 35.8 Å². The number of piperidine rings is 1. The quantitative estimate of drug-likeness (QED) is 0.193. The zero-order chi connectivity index (χ0) is 30.7. The molecular formula is C36H43N2O6+. The standard InChI is InChI=1S/C36H42N2O6/c1-25(42-34(40)33(37)22-26-14-18-31(39)19-15-26)44-36(27-10-4-2-5-11-27,28-12-6-3-7-13-28)35(41)43-32-23-29-16-17-30(24-32)38(29)20-8-9-21-38/h2-7,10-15,18-19,25,29-30,32-33H,8-9,16-17,20-24,37H2,1H3/p+1/t25?,29?,30?,32?,33-/m0/s1. The summed E-state index contributed by atoms with van der Waals surface area (Å²) in [4.78, 5) is 27.6. The third-order valence-electron chi connectivity index (χ3n) is 10.00. The second-order valence-corrected chi connectivity index (χ2v) is 12.7. The molecule has 1 spiro atoms. The van der Waals surface area contributed by atoms with Gasteiger partial charge >= 0.3 is 11.9 Å². The van der Waals surface area contributed by atoms with Gasteiger partial charge in [-0.2, -0.15) is 0 Å². The fraction of sp³-hybridized carbons (Fsp3) is 0.444. The van der Waals surface area contributed by atoms with Gasteiger partial charge in [-0.05, 0) is 42.2 Å². The van der Waals surface area contributed by atoms with Gasteiger partial charge in [0.1, 0.15) is 17.9 Å². The topological polar surface area (TPSA) is 108 Å². The Labute approximate surface area is 259 Å². The van der Waals surface area contributed by atoms with Crippen LogP contribution < -0.4 is 5.73 Å². The van der Waals surface area contributed by atoms with E-state index in [1.54, 1.807) is 31.2 Å². The van der Waals surface area contributed by atoms with Crippen LogP contribution in [0.4, 0.5) is 0 Å². The molecule has 0 saturated carbocycles. The van der Waals surface area contributed by atoms with E-state index in [4.69, 9.17) is 19.9 Å². The highest BCUT2D eigenvalue weighted by Crippen LogP contribution is 2.47. The summed E-state index contributed by atoms with van der Waals surface area (Å²) in [6.45, 7) is 4.09. The van der Waals surface area contributed by atoms with E-state index in [0.29, 0.717) is 23.2 Å². The molecule has 6 rings (SSSR count). The number of nitrogens with two attached hydrogens (primary N) is 1. The highest BCUT2D eigenvalue weighted by atomic mass is 16.7. The van der Waals surface area contributed by atoms with Crippen molar-refractivity contribution >= 4 is 11.9 Å². The minimum atomic E-state index is -1.67. The number of quaternary nitrogens is 1. The number of phenolic OH excluding ortho intramolecular Hbond substituents is 1. The third kappa shape index (κ3) is 5.86. The predicted octanol–water partition coefficient (Wildman–Crippen LogP) is 4.96. The average Bonchev–Trinajstić information content (AvgIpc) is 3.58. The van der Waals surface area contributed by atoms with E-state index in [1.165, 1.54) is 43.3 Å². The fourth-order valence-corrected chi connectivity index (χ4v) is 7.97. The van der Waals surface area contributed by atoms with Gasteiger partial charge in [-0.1, -0.05) is 72.8 Å². The Morgan fingerprint density at radius 2 is 1.43 bits per heavy atom. The van der Waals surface area contributed by atoms with Gasteiger partial charge in [0.05, 0.1) is 25.2 Å². The van der Waals surface area contributed by atoms with Crippen molar-refractivity contribution in [2.75, 3.05) is 13.1 Å². The van der Waals surface area contributed by atoms with Crippen LogP contribution in [0.2, 0.25) is 0 Å². The average molecular weight is 600 g/mol. The van der Waals surface area contributed by atoms with Crippen molar-refractivity contribution in [1.29, 1.82) is 0 Å². The van der Waals surface area contributed by atoms with E-state index in [0.717, 1.165) is 18.4 Å². The van der Waals surface area contributed by atoms with Crippen LogP contribution in [-0.4, -0.2) is 65.1 Å². The Morgan fingerprint density at radius 1 is 0.886 bits per heavy atom. The highest BCUT2D eigenvalue weighted by Gasteiger charge is 2.57. The zero-order valence-electron chi connectivity index (χ0n) is 25.3. The number of carbonyl (C=O) groups excluding carboxylic acids is 2. The molecule has 0 amide bonds. The molecule has 3 aromatic rings. The molecule has 3 N–H and O–H groups in total. The first kappa shape index (κ1) is 30.3. The molecule has 3 aromatic carbocycles. The molecule has 2 bridgehead atoms. The monoisotopic (exact) mass is 599 g/mol. The Balaban J connectivity index is 1.25. The molecule has 3 aliphatic rings. The Morgan fingerprint density at radius 3 is 1.98 bits per heavy atom. The number of carbonyl (C=O) groups is 2. The molecule has 3 saturated heterocycles. The number of hydrogen-bond acceptors (Lipinski definition) is 7. The lowest BCUT2D eigenvalue weighted by Gasteiger charge is -2.47. The minimum Gasteiger partial charge on any atom is -0.508 e. The fourth-order valence-electron chi connectivity index (χ4n) is 7.97. The Hall–Kier alpha value is -3.72. The van der Waals surface area contributed by atoms with E-state index >= 15 is 0 Å². The van der Waals surface area contributed by atoms with Gasteiger partial charge in [-0.25, -0.2) is 4.79 Å². The van der Waals surface area contributed by atoms with Crippen molar-refractivity contribution in [2.24, 2.45) is 5.73 Å². The van der Waals surface area contributed by atoms with E-state index < -0.39 is 29.9 Å². The minimum absolute atomic E-state index is 0.134. The smallest absolute Gasteiger partial charge is 0.348 e. The van der Waals surface area contributed by atoms with Crippen LogP contribution in [0.15, 0.2) is 84.9 Å². The van der Waals surface area contributed by atoms with Gasteiger partial charge in [0.25, 0.3) is 0 Å². The Bertz CT molecular complexity index is 1370. The number of esters is 2. The van der Waals surface area contributed by atoms with Crippen LogP contribution in [0.1, 0.15) is 62.1 Å². The first-order chi connectivity index (χ1) is 21.3. The zero-order valence-corrected chi connectivity index (χ0v) is 25.3. The largest absolute Gasteiger partial charge is 0.508 e. The molecule has 3 fully saturated rings. The van der Waals surface area contributed by atoms with Gasteiger partial charge in [0.2, 0.25) is 11.9 Å². The van der Waals surface area contributed by atoms with Crippen molar-refractivity contribution < 1.29 is 33.4 Å². The second kappa shape index (κ2) is 12.7. The molecule has 4 atom stereocenters. The van der Waals surface area contributed by atoms with Gasteiger partial charge < -0.3 is 29.5 Å². The van der Waals surface area contributed by atoms with Crippen molar-refractivity contribution in [1.82, 2.24) is 0 Å². The number of aromatic hydroxyl groups is 1. The van der Waals surface area contributed by atoms with Crippen LogP contribution in [0.5, 0.6) is 5.75 Å². The van der Waals surface area contributed by atoms with Crippen molar-refractivity contribution in [3.05, 3.63) is 102 Å². The Kier molecular flexibility index (Phi) is 8.76. The molecule has 0 radical (unpaired) electrons. The number of hydrogen-bond donors (Lipinski definition) is 2. The van der Waals surface area contributed by atoms with Crippen molar-refractivity contribution in [3.63, 3.8) is 0 Å². The second-order valence-electron chi connectivity index (χ2n) is 12.7. The van der Waals surface area contributed by atoms with E-state index in [9.17, 15) is 14.7 Å². The van der Waals surface area contributed by atoms with Crippen LogP contribution >= 0.6 is 0 Å². The molecule has 3 unspecified atom stereocenters. The predicted molar refractivity (Wildman–Crippen MR) is 165 cm³/mol. The van der Waals surface area contributed by atoms with Crippen LogP contribution in [0.3, 0.4) is 0 Å². The van der Waals surface area contributed by atoms with Gasteiger partial charge in [0.15, 0.2) is 0 Å². The molecule has 44 heavy (non-hydrogen) atoms. The van der Waals surface area contributed by atoms with E-state index in [1.807, 2.05) is 60.7 Å². The molecule has 8 nitrogen and oxygen atoms in total. The van der Waals surface area contributed by atoms with Gasteiger partial charge in [-0.3, -0.25) is 4.79 Å². The summed E-state index contributed by atoms with van der Waals surface area (Å²) in [7, 11) is 0. The summed E-state index contributed by atoms with van der Waals surface area (Å²) in [6, 6.07) is 25.2. The lowest BCUT2D eigenvalue weighted by molar-refractivity contribution is -0.956. The maximum atomic E-state index is 14.6. The summed E-state index contributed by atoms with van der Waals surface area (Å²) < 4.78 is 19.9. The molecule has 3 aliphatic heterocycles. The summed E-state index contributed by atoms with van der Waals surface area (Å²) in [5.41, 5.74) is 6.50. The number of benzene rings is 3. The summed E-state index contributed by atoms with van der Waals surface area (Å²) in [6.07, 6.45) is 5.57. The van der Waals surface area contributed by atoms with E-state index in [-0.39, 0.29) is 18.3 Å². The summed E-state index contributed by atoms with van der Waals surface area (Å²) in [5, 5.41) is 9.56. The number of nitrogens with zero attached hydrogens (tertiary/aromatic N) is 1. The lowest BCUT2D eigenvalue weighted by Crippen LogP contribution is -2.60. The maximum Gasteiger partial charge on any atom is 0.348 e. The number of phenols is 1. The molecule has 0 aliphatic carbocycles. The molecule has 8 heteroatoms. The number of rotatable bonds is 10.